The van der Waals surface area contributed by atoms with Gasteiger partial charge in [-0.15, -0.1) is 0 Å². The standard InChI is InChI=1S/C30H40N12O16P2S/c31-15(4-1-2-8-38-61-27-16(42(46)47)5-3-7-34-27)29(44)57-24-19(56-28(23(24)43)41-14-37-22-25(33)35-13-36-26(22)41)12-54-60(51,52)58-17-10-21(40-9-6-20(32)39-30(40)45)55-18(17)11-53-59(48,49)50/h3,5-7,9,13-15,17-19,21,23-24,28,38,43H,1-2,4,8,10-12,31H2,(H,51,52)(H2,32,39,45)(H2,33,35,36)(H2,48,49,50)/t15?,17-,18-,19+,21+,23+,24+,28+/m0/s1. The minimum atomic E-state index is -5.19. The summed E-state index contributed by atoms with van der Waals surface area (Å²) < 4.78 is 62.6. The topological polar surface area (TPSA) is 412 Å². The van der Waals surface area contributed by atoms with Gasteiger partial charge in [0.1, 0.15) is 54.3 Å². The molecule has 61 heavy (non-hydrogen) atoms. The van der Waals surface area contributed by atoms with Crippen LogP contribution in [0.3, 0.4) is 0 Å². The monoisotopic (exact) mass is 918 g/mol. The fourth-order valence-corrected chi connectivity index (χ4v) is 8.27. The number of nitrogens with two attached hydrogens (primary N) is 3. The molecule has 2 saturated heterocycles. The fourth-order valence-electron chi connectivity index (χ4n) is 6.22. The van der Waals surface area contributed by atoms with Gasteiger partial charge in [-0.2, -0.15) is 4.98 Å². The SMILES string of the molecule is Nc1ccn([C@H]2C[C@H](OP(=O)(O)OC[C@H]3O[C@@H](n4cnc5c(N)ncnc54)[C@H](O)[C@@H]3OC(=O)C(N)CCCCNSc3ncccc3[N+](=O)[O-])[C@H](COP(=O)(O)O)O2)c(=O)n1. The van der Waals surface area contributed by atoms with Crippen LogP contribution in [0.5, 0.6) is 0 Å². The van der Waals surface area contributed by atoms with Crippen molar-refractivity contribution in [3.05, 3.63) is 63.8 Å². The third-order valence-electron chi connectivity index (χ3n) is 9.11. The number of nitrogen functional groups attached to an aromatic ring is 2. The van der Waals surface area contributed by atoms with Crippen molar-refractivity contribution in [3.8, 4) is 0 Å². The van der Waals surface area contributed by atoms with Crippen LogP contribution < -0.4 is 27.6 Å². The maximum atomic E-state index is 13.4. The first-order chi connectivity index (χ1) is 28.9. The summed E-state index contributed by atoms with van der Waals surface area (Å²) in [6.45, 7) is -1.34. The first-order valence-electron chi connectivity index (χ1n) is 18.0. The molecule has 0 amide bonds. The summed E-state index contributed by atoms with van der Waals surface area (Å²) in [4.78, 5) is 85.6. The number of phosphoric acid groups is 2. The van der Waals surface area contributed by atoms with E-state index in [0.717, 1.165) is 22.8 Å². The first kappa shape index (κ1) is 45.9. The summed E-state index contributed by atoms with van der Waals surface area (Å²) in [6, 6.07) is 2.83. The summed E-state index contributed by atoms with van der Waals surface area (Å²) in [7, 11) is -10.3. The van der Waals surface area contributed by atoms with Gasteiger partial charge in [0.05, 0.1) is 24.5 Å². The lowest BCUT2D eigenvalue weighted by molar-refractivity contribution is -0.388. The number of nitrogens with one attached hydrogen (secondary N) is 1. The van der Waals surface area contributed by atoms with Gasteiger partial charge in [0.15, 0.2) is 28.8 Å². The van der Waals surface area contributed by atoms with E-state index >= 15 is 0 Å². The molecule has 4 aromatic heterocycles. The minimum absolute atomic E-state index is 0.00967. The number of esters is 1. The summed E-state index contributed by atoms with van der Waals surface area (Å²) in [6.07, 6.45) is -4.58. The molecule has 4 aromatic rings. The van der Waals surface area contributed by atoms with Crippen LogP contribution in [0.1, 0.15) is 38.1 Å². The first-order valence-corrected chi connectivity index (χ1v) is 21.8. The van der Waals surface area contributed by atoms with Crippen LogP contribution in [-0.2, 0) is 41.7 Å². The zero-order valence-electron chi connectivity index (χ0n) is 31.4. The number of anilines is 2. The average molecular weight is 919 g/mol. The number of nitro groups is 1. The Morgan fingerprint density at radius 2 is 1.85 bits per heavy atom. The van der Waals surface area contributed by atoms with Gasteiger partial charge < -0.3 is 51.2 Å². The number of nitrogens with zero attached hydrogens (tertiary/aromatic N) is 8. The van der Waals surface area contributed by atoms with Crippen LogP contribution in [0.15, 0.2) is 53.1 Å². The molecule has 0 aliphatic carbocycles. The molecule has 6 rings (SSSR count). The maximum Gasteiger partial charge on any atom is 0.472 e. The molecule has 0 radical (unpaired) electrons. The van der Waals surface area contributed by atoms with Crippen molar-refractivity contribution in [1.82, 2.24) is 38.8 Å². The van der Waals surface area contributed by atoms with Crippen LogP contribution in [0.2, 0.25) is 0 Å². The number of imidazole rings is 1. The number of fused-ring (bicyclic) bond motifs is 1. The lowest BCUT2D eigenvalue weighted by atomic mass is 10.1. The smallest absolute Gasteiger partial charge is 0.455 e. The van der Waals surface area contributed by atoms with E-state index in [9.17, 15) is 48.6 Å². The molecule has 0 spiro atoms. The third kappa shape index (κ3) is 11.7. The highest BCUT2D eigenvalue weighted by atomic mass is 32.2. The van der Waals surface area contributed by atoms with Crippen molar-refractivity contribution in [1.29, 1.82) is 0 Å². The van der Waals surface area contributed by atoms with Gasteiger partial charge >= 0.3 is 33.0 Å². The molecule has 6 heterocycles. The lowest BCUT2D eigenvalue weighted by Gasteiger charge is -2.24. The number of hydrogen-bond acceptors (Lipinski definition) is 23. The Morgan fingerprint density at radius 3 is 2.59 bits per heavy atom. The highest BCUT2D eigenvalue weighted by Crippen LogP contribution is 2.50. The molecule has 28 nitrogen and oxygen atoms in total. The molecule has 332 valence electrons. The zero-order valence-corrected chi connectivity index (χ0v) is 34.0. The highest BCUT2D eigenvalue weighted by Gasteiger charge is 2.50. The van der Waals surface area contributed by atoms with Crippen molar-refractivity contribution in [2.75, 3.05) is 31.2 Å². The van der Waals surface area contributed by atoms with Crippen molar-refractivity contribution < 1.29 is 66.4 Å². The van der Waals surface area contributed by atoms with Gasteiger partial charge in [-0.05, 0) is 36.9 Å². The summed E-state index contributed by atoms with van der Waals surface area (Å²) in [5, 5.41) is 22.9. The second-order valence-electron chi connectivity index (χ2n) is 13.3. The van der Waals surface area contributed by atoms with Crippen LogP contribution in [0, 0.1) is 10.1 Å². The zero-order chi connectivity index (χ0) is 44.1. The molecule has 9 atom stereocenters. The number of unbranched alkanes of at least 4 members (excludes halogenated alkanes) is 1. The van der Waals surface area contributed by atoms with E-state index in [-0.39, 0.29) is 46.4 Å². The maximum absolute atomic E-state index is 13.4. The molecule has 2 aliphatic heterocycles. The van der Waals surface area contributed by atoms with E-state index in [2.05, 4.69) is 34.2 Å². The molecule has 0 bridgehead atoms. The van der Waals surface area contributed by atoms with Crippen molar-refractivity contribution in [2.45, 2.75) is 79.7 Å². The third-order valence-corrected chi connectivity index (χ3v) is 11.5. The van der Waals surface area contributed by atoms with E-state index in [1.54, 1.807) is 0 Å². The van der Waals surface area contributed by atoms with E-state index in [0.29, 0.717) is 19.4 Å². The van der Waals surface area contributed by atoms with Crippen LogP contribution in [0.4, 0.5) is 17.3 Å². The minimum Gasteiger partial charge on any atom is -0.455 e. The molecule has 2 aliphatic rings. The number of carbonyl (C=O) groups is 1. The molecular weight excluding hydrogens is 878 g/mol. The van der Waals surface area contributed by atoms with E-state index in [4.69, 9.17) is 40.5 Å². The number of hydrogen-bond donors (Lipinski definition) is 8. The average Bonchev–Trinajstić information content (AvgIpc) is 3.89. The molecule has 31 heteroatoms. The normalized spacial score (nSPS) is 24.4. The number of phosphoric ester groups is 2. The summed E-state index contributed by atoms with van der Waals surface area (Å²) >= 11 is 0.975. The van der Waals surface area contributed by atoms with Crippen molar-refractivity contribution >= 4 is 62.0 Å². The molecule has 2 unspecified atom stereocenters. The second kappa shape index (κ2) is 19.6. The Labute approximate surface area is 347 Å². The number of ether oxygens (including phenoxy) is 3. The van der Waals surface area contributed by atoms with E-state index in [1.807, 2.05) is 0 Å². The number of carbonyl (C=O) groups excluding carboxylic acids is 1. The van der Waals surface area contributed by atoms with Gasteiger partial charge in [-0.25, -0.2) is 33.9 Å². The molecular formula is C30H40N12O16P2S. The Morgan fingerprint density at radius 1 is 1.08 bits per heavy atom. The molecule has 0 aromatic carbocycles. The number of aliphatic hydroxyl groups is 1. The quantitative estimate of drug-likeness (QED) is 0.0137. The number of aromatic nitrogens is 7. The number of aliphatic hydroxyl groups excluding tert-OH is 1. The van der Waals surface area contributed by atoms with Gasteiger partial charge in [0.25, 0.3) is 0 Å². The predicted octanol–water partition coefficient (Wildman–Crippen LogP) is -0.586. The number of rotatable bonds is 20. The predicted molar refractivity (Wildman–Crippen MR) is 206 cm³/mol. The van der Waals surface area contributed by atoms with Gasteiger partial charge in [-0.3, -0.25) is 42.3 Å². The Hall–Kier alpha value is -4.58. The lowest BCUT2D eigenvalue weighted by Crippen LogP contribution is -2.43. The Balaban J connectivity index is 1.11. The largest absolute Gasteiger partial charge is 0.472 e. The van der Waals surface area contributed by atoms with Crippen molar-refractivity contribution in [2.24, 2.45) is 5.73 Å². The van der Waals surface area contributed by atoms with Crippen molar-refractivity contribution in [3.63, 3.8) is 0 Å². The van der Waals surface area contributed by atoms with Crippen LogP contribution >= 0.6 is 27.6 Å². The second-order valence-corrected chi connectivity index (χ2v) is 16.9. The van der Waals surface area contributed by atoms with E-state index in [1.165, 1.54) is 41.5 Å². The molecule has 11 N–H and O–H groups in total. The molecule has 0 saturated carbocycles. The Bertz CT molecular complexity index is 2360. The van der Waals surface area contributed by atoms with E-state index < -0.39 is 94.5 Å². The van der Waals surface area contributed by atoms with Gasteiger partial charge in [-0.1, -0.05) is 6.42 Å². The fraction of sp³-hybridized carbons (Fsp3) is 0.500. The number of pyridine rings is 1. The summed E-state index contributed by atoms with van der Waals surface area (Å²) in [5.74, 6) is -1.06. The van der Waals surface area contributed by atoms with Gasteiger partial charge in [0, 0.05) is 31.4 Å². The highest BCUT2D eigenvalue weighted by molar-refractivity contribution is 7.97. The van der Waals surface area contributed by atoms with Crippen LogP contribution in [-0.4, -0.2) is 121 Å². The molecule has 2 fully saturated rings. The van der Waals surface area contributed by atoms with Gasteiger partial charge in [0.2, 0.25) is 0 Å². The Kier molecular flexibility index (Phi) is 14.8. The summed E-state index contributed by atoms with van der Waals surface area (Å²) in [5.41, 5.74) is 16.9. The van der Waals surface area contributed by atoms with Crippen LogP contribution in [0.25, 0.3) is 11.2 Å².